The van der Waals surface area contributed by atoms with Crippen LogP contribution in [0.5, 0.6) is 5.75 Å². The molecule has 0 unspecified atom stereocenters. The number of esters is 1. The third-order valence-electron chi connectivity index (χ3n) is 6.78. The lowest BCUT2D eigenvalue weighted by atomic mass is 9.92. The topological polar surface area (TPSA) is 73.7 Å². The third kappa shape index (κ3) is 5.19. The van der Waals surface area contributed by atoms with E-state index in [1.807, 2.05) is 39.8 Å². The van der Waals surface area contributed by atoms with Crippen molar-refractivity contribution >= 4 is 22.9 Å². The third-order valence-corrected chi connectivity index (χ3v) is 6.78. The maximum absolute atomic E-state index is 13.6. The molecule has 186 valence electrons. The molecule has 3 aromatic rings. The highest BCUT2D eigenvalue weighted by Crippen LogP contribution is 2.29. The SMILES string of the molecule is CCOC(=O)c1cc2ncccc2n1Cc1ccc(C(=O)N(C(C)C)C2CCCCC2)cc1OC. The van der Waals surface area contributed by atoms with Gasteiger partial charge in [-0.3, -0.25) is 9.78 Å². The van der Waals surface area contributed by atoms with E-state index < -0.39 is 5.97 Å². The van der Waals surface area contributed by atoms with Crippen LogP contribution in [0.3, 0.4) is 0 Å². The maximum Gasteiger partial charge on any atom is 0.355 e. The number of carbonyl (C=O) groups is 2. The minimum atomic E-state index is -0.392. The summed E-state index contributed by atoms with van der Waals surface area (Å²) >= 11 is 0. The Morgan fingerprint density at radius 2 is 1.91 bits per heavy atom. The Morgan fingerprint density at radius 1 is 1.14 bits per heavy atom. The fraction of sp³-hybridized carbons (Fsp3) is 0.464. The second-order valence-corrected chi connectivity index (χ2v) is 9.37. The Kier molecular flexibility index (Phi) is 7.73. The molecule has 2 heterocycles. The smallest absolute Gasteiger partial charge is 0.355 e. The van der Waals surface area contributed by atoms with Crippen LogP contribution in [0.1, 0.15) is 79.3 Å². The number of rotatable bonds is 8. The van der Waals surface area contributed by atoms with E-state index in [2.05, 4.69) is 18.8 Å². The first-order valence-corrected chi connectivity index (χ1v) is 12.6. The minimum absolute atomic E-state index is 0.0413. The highest BCUT2D eigenvalue weighted by Gasteiger charge is 2.29. The second-order valence-electron chi connectivity index (χ2n) is 9.37. The fourth-order valence-corrected chi connectivity index (χ4v) is 5.14. The fourth-order valence-electron chi connectivity index (χ4n) is 5.14. The van der Waals surface area contributed by atoms with Crippen molar-refractivity contribution in [3.8, 4) is 5.75 Å². The van der Waals surface area contributed by atoms with Gasteiger partial charge in [-0.15, -0.1) is 0 Å². The van der Waals surface area contributed by atoms with Gasteiger partial charge in [0.05, 0.1) is 31.3 Å². The first kappa shape index (κ1) is 24.8. The number of pyridine rings is 1. The van der Waals surface area contributed by atoms with Crippen molar-refractivity contribution in [1.82, 2.24) is 14.5 Å². The molecule has 0 saturated heterocycles. The van der Waals surface area contributed by atoms with Crippen molar-refractivity contribution in [3.05, 3.63) is 59.4 Å². The average molecular weight is 478 g/mol. The monoisotopic (exact) mass is 477 g/mol. The number of fused-ring (bicyclic) bond motifs is 1. The van der Waals surface area contributed by atoms with Crippen LogP contribution >= 0.6 is 0 Å². The van der Waals surface area contributed by atoms with Gasteiger partial charge < -0.3 is 18.9 Å². The highest BCUT2D eigenvalue weighted by atomic mass is 16.5. The molecular weight excluding hydrogens is 442 g/mol. The van der Waals surface area contributed by atoms with Gasteiger partial charge in [-0.05, 0) is 63.9 Å². The van der Waals surface area contributed by atoms with Crippen molar-refractivity contribution in [2.24, 2.45) is 0 Å². The van der Waals surface area contributed by atoms with Gasteiger partial charge in [-0.25, -0.2) is 4.79 Å². The number of ether oxygens (including phenoxy) is 2. The van der Waals surface area contributed by atoms with Gasteiger partial charge in [0, 0.05) is 29.4 Å². The lowest BCUT2D eigenvalue weighted by Crippen LogP contribution is -2.45. The van der Waals surface area contributed by atoms with Crippen LogP contribution in [0.2, 0.25) is 0 Å². The molecule has 4 rings (SSSR count). The van der Waals surface area contributed by atoms with Gasteiger partial charge in [0.15, 0.2) is 0 Å². The van der Waals surface area contributed by atoms with Crippen molar-refractivity contribution in [3.63, 3.8) is 0 Å². The predicted octanol–water partition coefficient (Wildman–Crippen LogP) is 5.45. The first-order chi connectivity index (χ1) is 16.9. The molecule has 1 fully saturated rings. The Labute approximate surface area is 207 Å². The van der Waals surface area contributed by atoms with Crippen LogP contribution in [0, 0.1) is 0 Å². The largest absolute Gasteiger partial charge is 0.496 e. The summed E-state index contributed by atoms with van der Waals surface area (Å²) in [6.45, 7) is 6.63. The van der Waals surface area contributed by atoms with Crippen LogP contribution in [-0.4, -0.2) is 52.1 Å². The van der Waals surface area contributed by atoms with E-state index in [9.17, 15) is 9.59 Å². The quantitative estimate of drug-likeness (QED) is 0.403. The normalized spacial score (nSPS) is 14.3. The van der Waals surface area contributed by atoms with Gasteiger partial charge in [-0.2, -0.15) is 0 Å². The lowest BCUT2D eigenvalue weighted by Gasteiger charge is -2.37. The van der Waals surface area contributed by atoms with E-state index in [4.69, 9.17) is 9.47 Å². The van der Waals surface area contributed by atoms with Crippen LogP contribution in [-0.2, 0) is 11.3 Å². The molecule has 7 heteroatoms. The summed E-state index contributed by atoms with van der Waals surface area (Å²) in [7, 11) is 1.61. The molecule has 1 aliphatic carbocycles. The van der Waals surface area contributed by atoms with E-state index in [1.165, 1.54) is 19.3 Å². The zero-order valence-corrected chi connectivity index (χ0v) is 21.1. The number of carbonyl (C=O) groups excluding carboxylic acids is 2. The van der Waals surface area contributed by atoms with E-state index >= 15 is 0 Å². The number of amides is 1. The predicted molar refractivity (Wildman–Crippen MR) is 136 cm³/mol. The molecule has 35 heavy (non-hydrogen) atoms. The molecule has 2 aromatic heterocycles. The van der Waals surface area contributed by atoms with Gasteiger partial charge in [0.1, 0.15) is 11.4 Å². The van der Waals surface area contributed by atoms with Gasteiger partial charge in [0.25, 0.3) is 5.91 Å². The van der Waals surface area contributed by atoms with Crippen LogP contribution in [0.15, 0.2) is 42.6 Å². The van der Waals surface area contributed by atoms with E-state index in [0.29, 0.717) is 30.2 Å². The molecule has 0 aliphatic heterocycles. The Balaban J connectivity index is 1.67. The van der Waals surface area contributed by atoms with Crippen molar-refractivity contribution < 1.29 is 19.1 Å². The van der Waals surface area contributed by atoms with Crippen molar-refractivity contribution in [2.45, 2.75) is 71.5 Å². The molecule has 1 aromatic carbocycles. The molecule has 0 N–H and O–H groups in total. The lowest BCUT2D eigenvalue weighted by molar-refractivity contribution is 0.0513. The van der Waals surface area contributed by atoms with Gasteiger partial charge >= 0.3 is 5.97 Å². The summed E-state index contributed by atoms with van der Waals surface area (Å²) < 4.78 is 12.9. The molecule has 0 spiro atoms. The number of hydrogen-bond donors (Lipinski definition) is 0. The summed E-state index contributed by atoms with van der Waals surface area (Å²) in [6, 6.07) is 11.6. The Bertz CT molecular complexity index is 1190. The summed E-state index contributed by atoms with van der Waals surface area (Å²) in [5.74, 6) is 0.264. The molecule has 1 amide bonds. The average Bonchev–Trinajstić information content (AvgIpc) is 3.23. The van der Waals surface area contributed by atoms with Crippen LogP contribution in [0.4, 0.5) is 0 Å². The second kappa shape index (κ2) is 10.9. The maximum atomic E-state index is 13.6. The zero-order valence-electron chi connectivity index (χ0n) is 21.1. The molecule has 0 bridgehead atoms. The van der Waals surface area contributed by atoms with E-state index in [-0.39, 0.29) is 18.0 Å². The molecule has 0 radical (unpaired) electrons. The Morgan fingerprint density at radius 3 is 2.60 bits per heavy atom. The summed E-state index contributed by atoms with van der Waals surface area (Å²) in [6.07, 6.45) is 7.42. The molecule has 1 saturated carbocycles. The van der Waals surface area contributed by atoms with E-state index in [0.717, 1.165) is 29.4 Å². The van der Waals surface area contributed by atoms with Crippen molar-refractivity contribution in [2.75, 3.05) is 13.7 Å². The molecular formula is C28H35N3O4. The first-order valence-electron chi connectivity index (χ1n) is 12.6. The van der Waals surface area contributed by atoms with Crippen LogP contribution in [0.25, 0.3) is 11.0 Å². The summed E-state index contributed by atoms with van der Waals surface area (Å²) in [5, 5.41) is 0. The number of nitrogens with zero attached hydrogens (tertiary/aromatic N) is 3. The Hall–Kier alpha value is -3.35. The van der Waals surface area contributed by atoms with Gasteiger partial charge in [0.2, 0.25) is 0 Å². The highest BCUT2D eigenvalue weighted by molar-refractivity contribution is 5.96. The van der Waals surface area contributed by atoms with Gasteiger partial charge in [-0.1, -0.05) is 25.3 Å². The number of benzene rings is 1. The van der Waals surface area contributed by atoms with Crippen molar-refractivity contribution in [1.29, 1.82) is 0 Å². The number of aromatic nitrogens is 2. The zero-order chi connectivity index (χ0) is 24.9. The molecule has 7 nitrogen and oxygen atoms in total. The molecule has 0 atom stereocenters. The van der Waals surface area contributed by atoms with Crippen LogP contribution < -0.4 is 4.74 Å². The summed E-state index contributed by atoms with van der Waals surface area (Å²) in [4.78, 5) is 32.7. The molecule has 1 aliphatic rings. The number of hydrogen-bond acceptors (Lipinski definition) is 5. The van der Waals surface area contributed by atoms with E-state index in [1.54, 1.807) is 26.3 Å². The standard InChI is InChI=1S/C28H35N3O4/c1-5-35-28(33)25-17-23-24(12-9-15-29-23)30(25)18-21-14-13-20(16-26(21)34-4)27(32)31(19(2)3)22-10-7-6-8-11-22/h9,12-17,19,22H,5-8,10-11,18H2,1-4H3. The number of methoxy groups -OCH3 is 1. The minimum Gasteiger partial charge on any atom is -0.496 e. The summed E-state index contributed by atoms with van der Waals surface area (Å²) in [5.41, 5.74) is 3.48.